The third-order valence-electron chi connectivity index (χ3n) is 6.98. The van der Waals surface area contributed by atoms with E-state index in [1.807, 2.05) is 20.8 Å². The minimum atomic E-state index is -0.484. The van der Waals surface area contributed by atoms with Gasteiger partial charge in [-0.05, 0) is 76.0 Å². The van der Waals surface area contributed by atoms with Gasteiger partial charge in [-0.1, -0.05) is 13.8 Å². The molecule has 1 heterocycles. The third kappa shape index (κ3) is 3.25. The Morgan fingerprint density at radius 3 is 2.39 bits per heavy atom. The zero-order valence-electron chi connectivity index (χ0n) is 17.8. The van der Waals surface area contributed by atoms with E-state index in [0.717, 1.165) is 19.3 Å². The van der Waals surface area contributed by atoms with Crippen molar-refractivity contribution in [2.45, 2.75) is 85.8 Å². The van der Waals surface area contributed by atoms with Gasteiger partial charge in [0.05, 0.1) is 17.2 Å². The highest BCUT2D eigenvalue weighted by atomic mass is 16.5. The quantitative estimate of drug-likeness (QED) is 0.760. The van der Waals surface area contributed by atoms with Gasteiger partial charge in [-0.25, -0.2) is 4.79 Å². The molecule has 4 saturated carbocycles. The molecule has 0 aromatic carbocycles. The van der Waals surface area contributed by atoms with E-state index in [2.05, 4.69) is 24.3 Å². The predicted molar refractivity (Wildman–Crippen MR) is 107 cm³/mol. The van der Waals surface area contributed by atoms with E-state index in [0.29, 0.717) is 18.2 Å². The van der Waals surface area contributed by atoms with Crippen LogP contribution in [0.3, 0.4) is 0 Å². The molecule has 4 fully saturated rings. The fourth-order valence-electron chi connectivity index (χ4n) is 7.05. The number of carbonyl (C=O) groups excluding carboxylic acids is 2. The normalized spacial score (nSPS) is 36.0. The largest absolute Gasteiger partial charge is 0.458 e. The minimum absolute atomic E-state index is 0.0586. The van der Waals surface area contributed by atoms with Gasteiger partial charge in [0, 0.05) is 12.7 Å². The van der Waals surface area contributed by atoms with Crippen LogP contribution < -0.4 is 5.32 Å². The summed E-state index contributed by atoms with van der Waals surface area (Å²) >= 11 is 0. The number of nitrogens with one attached hydrogen (secondary N) is 1. The first-order valence-electron chi connectivity index (χ1n) is 10.7. The predicted octanol–water partition coefficient (Wildman–Crippen LogP) is 4.40. The molecule has 1 amide bonds. The lowest BCUT2D eigenvalue weighted by molar-refractivity contribution is -0.165. The topological polar surface area (TPSA) is 73.2 Å². The molecule has 0 unspecified atom stereocenters. The highest BCUT2D eigenvalue weighted by Crippen LogP contribution is 2.69. The summed E-state index contributed by atoms with van der Waals surface area (Å²) in [5.41, 5.74) is 0.877. The first kappa shape index (κ1) is 19.5. The lowest BCUT2D eigenvalue weighted by Crippen LogP contribution is -2.58. The molecule has 4 bridgehead atoms. The molecule has 0 radical (unpaired) electrons. The number of aromatic nitrogens is 2. The van der Waals surface area contributed by atoms with Crippen LogP contribution in [0, 0.1) is 22.2 Å². The molecule has 2 atom stereocenters. The first-order valence-corrected chi connectivity index (χ1v) is 10.7. The number of anilines is 1. The summed E-state index contributed by atoms with van der Waals surface area (Å²) in [6, 6.07) is 0. The summed E-state index contributed by atoms with van der Waals surface area (Å²) in [5.74, 6) is 0.214. The smallest absolute Gasteiger partial charge is 0.361 e. The van der Waals surface area contributed by atoms with Crippen molar-refractivity contribution in [2.24, 2.45) is 22.2 Å². The molecule has 6 heteroatoms. The molecule has 0 spiro atoms. The molecule has 1 aromatic heterocycles. The number of aryl methyl sites for hydroxylation is 1. The lowest BCUT2D eigenvalue weighted by atomic mass is 9.40. The monoisotopic (exact) mass is 387 g/mol. The van der Waals surface area contributed by atoms with Gasteiger partial charge in [0.15, 0.2) is 5.69 Å². The van der Waals surface area contributed by atoms with Crippen LogP contribution in [0.25, 0.3) is 0 Å². The Bertz CT molecular complexity index is 794. The molecule has 6 nitrogen and oxygen atoms in total. The maximum atomic E-state index is 13.5. The molecule has 28 heavy (non-hydrogen) atoms. The van der Waals surface area contributed by atoms with Crippen molar-refractivity contribution in [2.75, 3.05) is 5.32 Å². The second kappa shape index (κ2) is 6.33. The van der Waals surface area contributed by atoms with Crippen LogP contribution in [-0.4, -0.2) is 27.8 Å². The summed E-state index contributed by atoms with van der Waals surface area (Å²) in [4.78, 5) is 26.0. The van der Waals surface area contributed by atoms with Crippen molar-refractivity contribution < 1.29 is 14.3 Å². The SMILES string of the molecule is CCn1cc(NC(=O)C23CC4C[C@](C)(C2)C[C@](C)(C4)C3)c(C(=O)OC(C)C)n1. The molecular formula is C22H33N3O3. The molecule has 0 aliphatic heterocycles. The van der Waals surface area contributed by atoms with Crippen molar-refractivity contribution in [3.05, 3.63) is 11.9 Å². The molecule has 1 aromatic rings. The Balaban J connectivity index is 1.61. The molecule has 154 valence electrons. The van der Waals surface area contributed by atoms with Crippen LogP contribution in [0.2, 0.25) is 0 Å². The second-order valence-electron chi connectivity index (χ2n) is 10.6. The van der Waals surface area contributed by atoms with Gasteiger partial charge in [-0.15, -0.1) is 0 Å². The van der Waals surface area contributed by atoms with Crippen molar-refractivity contribution in [1.29, 1.82) is 0 Å². The number of carbonyl (C=O) groups is 2. The number of hydrogen-bond acceptors (Lipinski definition) is 4. The fraction of sp³-hybridized carbons (Fsp3) is 0.773. The van der Waals surface area contributed by atoms with Gasteiger partial charge in [0.25, 0.3) is 0 Å². The van der Waals surface area contributed by atoms with Crippen LogP contribution >= 0.6 is 0 Å². The molecule has 0 saturated heterocycles. The average molecular weight is 388 g/mol. The molecule has 5 rings (SSSR count). The van der Waals surface area contributed by atoms with E-state index in [1.165, 1.54) is 19.3 Å². The Hall–Kier alpha value is -1.85. The average Bonchev–Trinajstić information content (AvgIpc) is 2.94. The zero-order valence-corrected chi connectivity index (χ0v) is 17.8. The minimum Gasteiger partial charge on any atom is -0.458 e. The lowest BCUT2D eigenvalue weighted by Gasteiger charge is -2.64. The second-order valence-corrected chi connectivity index (χ2v) is 10.6. The fourth-order valence-corrected chi connectivity index (χ4v) is 7.05. The zero-order chi connectivity index (χ0) is 20.3. The van der Waals surface area contributed by atoms with Crippen LogP contribution in [-0.2, 0) is 16.1 Å². The maximum Gasteiger partial charge on any atom is 0.361 e. The van der Waals surface area contributed by atoms with Crippen LogP contribution in [0.4, 0.5) is 5.69 Å². The van der Waals surface area contributed by atoms with Crippen LogP contribution in [0.1, 0.15) is 83.6 Å². The van der Waals surface area contributed by atoms with Crippen molar-refractivity contribution in [3.63, 3.8) is 0 Å². The third-order valence-corrected chi connectivity index (χ3v) is 6.98. The molecule has 1 N–H and O–H groups in total. The summed E-state index contributed by atoms with van der Waals surface area (Å²) in [6.07, 6.45) is 8.11. The highest BCUT2D eigenvalue weighted by Gasteiger charge is 2.62. The van der Waals surface area contributed by atoms with E-state index in [1.54, 1.807) is 10.9 Å². The Morgan fingerprint density at radius 1 is 1.21 bits per heavy atom. The molecule has 4 aliphatic rings. The highest BCUT2D eigenvalue weighted by molar-refractivity contribution is 6.02. The Kier molecular flexibility index (Phi) is 4.40. The number of esters is 1. The summed E-state index contributed by atoms with van der Waals surface area (Å²) in [5, 5.41) is 7.42. The van der Waals surface area contributed by atoms with E-state index >= 15 is 0 Å². The van der Waals surface area contributed by atoms with E-state index in [-0.39, 0.29) is 34.0 Å². The standard InChI is InChI=1S/C22H33N3O3/c1-6-25-10-16(17(24-25)18(26)28-14(2)3)23-19(27)22-9-15-7-20(4,12-22)11-21(5,8-15)13-22/h10,14-15H,6-9,11-13H2,1-5H3,(H,23,27)/t15?,20-,21-,22?/m0/s1. The summed E-state index contributed by atoms with van der Waals surface area (Å²) in [7, 11) is 0. The van der Waals surface area contributed by atoms with Gasteiger partial charge in [0.1, 0.15) is 0 Å². The Morgan fingerprint density at radius 2 is 1.86 bits per heavy atom. The van der Waals surface area contributed by atoms with Gasteiger partial charge < -0.3 is 10.1 Å². The Labute approximate surface area is 167 Å². The summed E-state index contributed by atoms with van der Waals surface area (Å²) < 4.78 is 7.01. The van der Waals surface area contributed by atoms with Crippen molar-refractivity contribution in [3.8, 4) is 0 Å². The van der Waals surface area contributed by atoms with Crippen molar-refractivity contribution in [1.82, 2.24) is 9.78 Å². The van der Waals surface area contributed by atoms with E-state index in [4.69, 9.17) is 4.74 Å². The van der Waals surface area contributed by atoms with Crippen LogP contribution in [0.5, 0.6) is 0 Å². The molecule has 4 aliphatic carbocycles. The first-order chi connectivity index (χ1) is 13.1. The number of ether oxygens (including phenoxy) is 1. The number of hydrogen-bond donors (Lipinski definition) is 1. The van der Waals surface area contributed by atoms with Crippen LogP contribution in [0.15, 0.2) is 6.20 Å². The van der Waals surface area contributed by atoms with E-state index in [9.17, 15) is 9.59 Å². The van der Waals surface area contributed by atoms with Gasteiger partial charge in [-0.3, -0.25) is 9.48 Å². The van der Waals surface area contributed by atoms with Gasteiger partial charge in [-0.2, -0.15) is 5.10 Å². The number of nitrogens with zero attached hydrogens (tertiary/aromatic N) is 2. The number of amides is 1. The van der Waals surface area contributed by atoms with Gasteiger partial charge >= 0.3 is 5.97 Å². The van der Waals surface area contributed by atoms with Crippen molar-refractivity contribution >= 4 is 17.6 Å². The molecular weight excluding hydrogens is 354 g/mol. The van der Waals surface area contributed by atoms with E-state index < -0.39 is 5.97 Å². The summed E-state index contributed by atoms with van der Waals surface area (Å²) in [6.45, 7) is 10.9. The maximum absolute atomic E-state index is 13.5. The number of rotatable bonds is 5. The van der Waals surface area contributed by atoms with Gasteiger partial charge in [0.2, 0.25) is 5.91 Å².